The van der Waals surface area contributed by atoms with E-state index < -0.39 is 0 Å². The number of likely N-dealkylation sites (N-methyl/N-ethyl adjacent to an activating group) is 1. The van der Waals surface area contributed by atoms with Crippen molar-refractivity contribution in [3.8, 4) is 0 Å². The summed E-state index contributed by atoms with van der Waals surface area (Å²) in [4.78, 5) is 1.59. The lowest BCUT2D eigenvalue weighted by atomic mass is 10.2. The summed E-state index contributed by atoms with van der Waals surface area (Å²) < 4.78 is 1.10. The van der Waals surface area contributed by atoms with E-state index in [0.29, 0.717) is 0 Å². The van der Waals surface area contributed by atoms with Gasteiger partial charge >= 0.3 is 0 Å². The van der Waals surface area contributed by atoms with Crippen molar-refractivity contribution in [1.29, 1.82) is 0 Å². The minimum absolute atomic E-state index is 1.05. The molecule has 0 unspecified atom stereocenters. The van der Waals surface area contributed by atoms with Crippen LogP contribution in [-0.2, 0) is 0 Å². The number of piperazine rings is 1. The summed E-state index contributed by atoms with van der Waals surface area (Å²) >= 11 is 3.42. The van der Waals surface area contributed by atoms with E-state index in [1.807, 2.05) is 18.3 Å². The van der Waals surface area contributed by atoms with Gasteiger partial charge in [0.25, 0.3) is 0 Å². The lowest BCUT2D eigenvalue weighted by molar-refractivity contribution is -0.884. The number of halogens is 1. The van der Waals surface area contributed by atoms with Crippen LogP contribution in [-0.4, -0.2) is 44.5 Å². The van der Waals surface area contributed by atoms with E-state index in [9.17, 15) is 0 Å². The van der Waals surface area contributed by atoms with Crippen molar-refractivity contribution in [2.45, 2.75) is 0 Å². The Hall–Kier alpha value is -0.870. The number of quaternary nitrogens is 1. The molecule has 1 aliphatic heterocycles. The number of hydrogen-bond donors (Lipinski definition) is 1. The van der Waals surface area contributed by atoms with Crippen molar-refractivity contribution in [2.75, 3.05) is 33.2 Å². The first kappa shape index (κ1) is 11.6. The van der Waals surface area contributed by atoms with Crippen molar-refractivity contribution in [2.24, 2.45) is 5.10 Å². The van der Waals surface area contributed by atoms with Gasteiger partial charge in [-0.05, 0) is 17.7 Å². The minimum atomic E-state index is 1.05. The zero-order chi connectivity index (χ0) is 11.4. The van der Waals surface area contributed by atoms with Crippen LogP contribution in [0.2, 0.25) is 0 Å². The second-order valence-electron chi connectivity index (χ2n) is 4.21. The van der Waals surface area contributed by atoms with E-state index in [4.69, 9.17) is 0 Å². The van der Waals surface area contributed by atoms with Gasteiger partial charge in [0, 0.05) is 4.47 Å². The average Bonchev–Trinajstić information content (AvgIpc) is 2.30. The van der Waals surface area contributed by atoms with Crippen molar-refractivity contribution >= 4 is 22.1 Å². The molecule has 0 saturated carbocycles. The van der Waals surface area contributed by atoms with Crippen molar-refractivity contribution in [3.05, 3.63) is 34.3 Å². The maximum absolute atomic E-state index is 4.50. The molecule has 16 heavy (non-hydrogen) atoms. The van der Waals surface area contributed by atoms with Crippen LogP contribution in [0.15, 0.2) is 33.8 Å². The Balaban J connectivity index is 1.91. The number of hydrogen-bond acceptors (Lipinski definition) is 2. The molecule has 1 aliphatic rings. The fourth-order valence-corrected chi connectivity index (χ4v) is 1.95. The standard InChI is InChI=1S/C12H16BrN3/c1-15-6-8-16(9-7-15)14-10-11-2-4-12(13)5-3-11/h2-5,10H,6-9H2,1H3/p+1/b14-10-. The minimum Gasteiger partial charge on any atom is -0.334 e. The van der Waals surface area contributed by atoms with Crippen LogP contribution in [0.5, 0.6) is 0 Å². The predicted octanol–water partition coefficient (Wildman–Crippen LogP) is 0.613. The molecule has 1 aromatic carbocycles. The van der Waals surface area contributed by atoms with Gasteiger partial charge in [-0.25, -0.2) is 0 Å². The lowest BCUT2D eigenvalue weighted by Crippen LogP contribution is -3.11. The summed E-state index contributed by atoms with van der Waals surface area (Å²) in [5, 5.41) is 6.65. The quantitative estimate of drug-likeness (QED) is 0.789. The topological polar surface area (TPSA) is 20.0 Å². The third-order valence-corrected chi connectivity index (χ3v) is 3.36. The Labute approximate surface area is 105 Å². The Kier molecular flexibility index (Phi) is 3.96. The van der Waals surface area contributed by atoms with Crippen LogP contribution in [0.25, 0.3) is 0 Å². The summed E-state index contributed by atoms with van der Waals surface area (Å²) in [5.74, 6) is 0. The van der Waals surface area contributed by atoms with Crippen molar-refractivity contribution in [3.63, 3.8) is 0 Å². The van der Waals surface area contributed by atoms with Crippen molar-refractivity contribution < 1.29 is 4.90 Å². The second kappa shape index (κ2) is 5.46. The molecule has 3 nitrogen and oxygen atoms in total. The second-order valence-corrected chi connectivity index (χ2v) is 5.12. The molecule has 0 spiro atoms. The predicted molar refractivity (Wildman–Crippen MR) is 69.9 cm³/mol. The Bertz CT molecular complexity index is 353. The fraction of sp³-hybridized carbons (Fsp3) is 0.417. The highest BCUT2D eigenvalue weighted by Gasteiger charge is 2.13. The van der Waals surface area contributed by atoms with Gasteiger partial charge < -0.3 is 4.90 Å². The first-order valence-electron chi connectivity index (χ1n) is 5.60. The zero-order valence-electron chi connectivity index (χ0n) is 9.49. The molecule has 1 saturated heterocycles. The van der Waals surface area contributed by atoms with Gasteiger partial charge in [-0.3, -0.25) is 5.01 Å². The molecule has 0 radical (unpaired) electrons. The van der Waals surface area contributed by atoms with Gasteiger partial charge in [0.15, 0.2) is 0 Å². The highest BCUT2D eigenvalue weighted by atomic mass is 79.9. The average molecular weight is 283 g/mol. The Morgan fingerprint density at radius 1 is 1.25 bits per heavy atom. The molecule has 0 aliphatic carbocycles. The SMILES string of the molecule is C[NH+]1CCN(/N=C\c2ccc(Br)cc2)CC1. The number of nitrogens with one attached hydrogen (secondary N) is 1. The molecule has 4 heteroatoms. The Morgan fingerprint density at radius 2 is 1.88 bits per heavy atom. The number of nitrogens with zero attached hydrogens (tertiary/aromatic N) is 2. The molecule has 86 valence electrons. The number of benzene rings is 1. The van der Waals surface area contributed by atoms with Crippen LogP contribution < -0.4 is 4.90 Å². The number of rotatable bonds is 2. The van der Waals surface area contributed by atoms with Crippen LogP contribution >= 0.6 is 15.9 Å². The summed E-state index contributed by atoms with van der Waals surface area (Å²) in [6.45, 7) is 4.47. The molecule has 1 fully saturated rings. The third kappa shape index (κ3) is 3.32. The Morgan fingerprint density at radius 3 is 2.50 bits per heavy atom. The highest BCUT2D eigenvalue weighted by molar-refractivity contribution is 9.10. The molecule has 1 aromatic rings. The molecule has 0 bridgehead atoms. The van der Waals surface area contributed by atoms with Crippen LogP contribution in [0.1, 0.15) is 5.56 Å². The molecular formula is C12H17BrN3+. The van der Waals surface area contributed by atoms with E-state index in [1.165, 1.54) is 13.1 Å². The normalized spacial score (nSPS) is 18.2. The lowest BCUT2D eigenvalue weighted by Gasteiger charge is -2.27. The summed E-state index contributed by atoms with van der Waals surface area (Å²) in [6.07, 6.45) is 1.94. The van der Waals surface area contributed by atoms with E-state index in [2.05, 4.69) is 45.2 Å². The zero-order valence-corrected chi connectivity index (χ0v) is 11.1. The van der Waals surface area contributed by atoms with E-state index >= 15 is 0 Å². The van der Waals surface area contributed by atoms with Gasteiger partial charge in [0.05, 0.1) is 39.4 Å². The largest absolute Gasteiger partial charge is 0.334 e. The summed E-state index contributed by atoms with van der Waals surface area (Å²) in [5.41, 5.74) is 1.15. The number of hydrazone groups is 1. The molecule has 2 rings (SSSR count). The van der Waals surface area contributed by atoms with E-state index in [-0.39, 0.29) is 0 Å². The van der Waals surface area contributed by atoms with Gasteiger partial charge in [-0.15, -0.1) is 0 Å². The maximum Gasteiger partial charge on any atom is 0.0964 e. The molecule has 0 amide bonds. The van der Waals surface area contributed by atoms with Gasteiger partial charge in [0.2, 0.25) is 0 Å². The van der Waals surface area contributed by atoms with Gasteiger partial charge in [-0.1, -0.05) is 28.1 Å². The smallest absolute Gasteiger partial charge is 0.0964 e. The maximum atomic E-state index is 4.50. The first-order chi connectivity index (χ1) is 7.74. The third-order valence-electron chi connectivity index (χ3n) is 2.83. The highest BCUT2D eigenvalue weighted by Crippen LogP contribution is 2.09. The fourth-order valence-electron chi connectivity index (χ4n) is 1.69. The van der Waals surface area contributed by atoms with Crippen LogP contribution in [0.3, 0.4) is 0 Å². The summed E-state index contributed by atoms with van der Waals surface area (Å²) in [7, 11) is 2.23. The van der Waals surface area contributed by atoms with Gasteiger partial charge in [0.1, 0.15) is 0 Å². The monoisotopic (exact) mass is 282 g/mol. The molecule has 1 heterocycles. The summed E-state index contributed by atoms with van der Waals surface area (Å²) in [6, 6.07) is 8.20. The molecule has 1 N–H and O–H groups in total. The van der Waals surface area contributed by atoms with E-state index in [0.717, 1.165) is 23.1 Å². The molecule has 0 aromatic heterocycles. The first-order valence-corrected chi connectivity index (χ1v) is 6.39. The van der Waals surface area contributed by atoms with Gasteiger partial charge in [-0.2, -0.15) is 5.10 Å². The molecular weight excluding hydrogens is 266 g/mol. The van der Waals surface area contributed by atoms with E-state index in [1.54, 1.807) is 4.90 Å². The van der Waals surface area contributed by atoms with Crippen molar-refractivity contribution in [1.82, 2.24) is 5.01 Å². The molecule has 0 atom stereocenters. The van der Waals surface area contributed by atoms with Crippen LogP contribution in [0.4, 0.5) is 0 Å². The van der Waals surface area contributed by atoms with Crippen LogP contribution in [0, 0.1) is 0 Å².